The summed E-state index contributed by atoms with van der Waals surface area (Å²) in [5, 5.41) is 0. The SMILES string of the molecule is CC(C)OCC[n+]1ccc(-c2cc[n+](Cc3ccc(BPS)cc3)cc2)cc1. The van der Waals surface area contributed by atoms with E-state index >= 15 is 0 Å². The Labute approximate surface area is 175 Å². The summed E-state index contributed by atoms with van der Waals surface area (Å²) in [5.74, 6) is 0. The lowest BCUT2D eigenvalue weighted by Crippen LogP contribution is -2.35. The van der Waals surface area contributed by atoms with Crippen LogP contribution in [0.15, 0.2) is 73.3 Å². The second kappa shape index (κ2) is 10.8. The zero-order chi connectivity index (χ0) is 19.8. The summed E-state index contributed by atoms with van der Waals surface area (Å²) in [5.41, 5.74) is 5.12. The predicted octanol–water partition coefficient (Wildman–Crippen LogP) is 2.90. The standard InChI is InChI=1S/C22H28BN2OPS/c1-18(2)26-16-15-24-11-7-20(8-12-24)21-9-13-25(14-10-21)17-19-3-5-22(6-4-19)23-27-28/h3-14,18,23,27-28H,15-17H2,1-2H3/q+2. The Kier molecular flexibility index (Phi) is 8.08. The maximum Gasteiger partial charge on any atom is 0.195 e. The second-order valence-corrected chi connectivity index (χ2v) is 8.77. The first kappa shape index (κ1) is 21.0. The van der Waals surface area contributed by atoms with Crippen LogP contribution in [0.2, 0.25) is 0 Å². The highest BCUT2D eigenvalue weighted by Gasteiger charge is 2.07. The predicted molar refractivity (Wildman–Crippen MR) is 123 cm³/mol. The van der Waals surface area contributed by atoms with Crippen molar-refractivity contribution >= 4 is 32.4 Å². The van der Waals surface area contributed by atoms with Crippen LogP contribution in [0.25, 0.3) is 11.1 Å². The summed E-state index contributed by atoms with van der Waals surface area (Å²) in [4.78, 5) is 0. The van der Waals surface area contributed by atoms with Gasteiger partial charge in [0.15, 0.2) is 44.9 Å². The van der Waals surface area contributed by atoms with Crippen LogP contribution in [0.3, 0.4) is 0 Å². The molecule has 2 heterocycles. The summed E-state index contributed by atoms with van der Waals surface area (Å²) < 4.78 is 9.99. The molecule has 144 valence electrons. The number of aromatic nitrogens is 2. The fourth-order valence-electron chi connectivity index (χ4n) is 3.01. The van der Waals surface area contributed by atoms with E-state index in [1.54, 1.807) is 0 Å². The van der Waals surface area contributed by atoms with E-state index in [1.165, 1.54) is 22.2 Å². The van der Waals surface area contributed by atoms with Crippen LogP contribution in [0, 0.1) is 0 Å². The van der Waals surface area contributed by atoms with Gasteiger partial charge in [-0.3, -0.25) is 0 Å². The molecule has 0 radical (unpaired) electrons. The van der Waals surface area contributed by atoms with Gasteiger partial charge in [0.25, 0.3) is 0 Å². The molecule has 0 aliphatic heterocycles. The quantitative estimate of drug-likeness (QED) is 0.249. The van der Waals surface area contributed by atoms with Crippen molar-refractivity contribution in [2.75, 3.05) is 6.61 Å². The zero-order valence-electron chi connectivity index (χ0n) is 16.6. The van der Waals surface area contributed by atoms with E-state index in [0.717, 1.165) is 26.7 Å². The normalized spacial score (nSPS) is 11.4. The van der Waals surface area contributed by atoms with Crippen LogP contribution in [-0.2, 0) is 17.8 Å². The van der Waals surface area contributed by atoms with Crippen LogP contribution in [0.1, 0.15) is 19.4 Å². The molecule has 0 aliphatic carbocycles. The first-order chi connectivity index (χ1) is 13.6. The van der Waals surface area contributed by atoms with Crippen molar-refractivity contribution in [3.05, 3.63) is 78.9 Å². The van der Waals surface area contributed by atoms with Crippen LogP contribution in [-0.4, -0.2) is 19.7 Å². The Hall–Kier alpha value is -1.68. The molecule has 3 nitrogen and oxygen atoms in total. The van der Waals surface area contributed by atoms with Crippen molar-refractivity contribution in [3.63, 3.8) is 0 Å². The molecule has 1 aromatic carbocycles. The van der Waals surface area contributed by atoms with Crippen molar-refractivity contribution in [1.82, 2.24) is 0 Å². The average molecular weight is 410 g/mol. The van der Waals surface area contributed by atoms with Gasteiger partial charge in [-0.15, -0.1) is 0 Å². The largest absolute Gasteiger partial charge is 0.372 e. The molecule has 0 N–H and O–H groups in total. The van der Waals surface area contributed by atoms with Gasteiger partial charge in [0.05, 0.1) is 6.10 Å². The molecule has 0 bridgehead atoms. The minimum Gasteiger partial charge on any atom is -0.372 e. The van der Waals surface area contributed by atoms with E-state index in [-0.39, 0.29) is 6.10 Å². The lowest BCUT2D eigenvalue weighted by molar-refractivity contribution is -0.698. The number of pyridine rings is 2. The number of thiol groups is 1. The van der Waals surface area contributed by atoms with Crippen molar-refractivity contribution in [1.29, 1.82) is 0 Å². The van der Waals surface area contributed by atoms with Gasteiger partial charge in [-0.25, -0.2) is 9.13 Å². The maximum atomic E-state index is 5.61. The van der Waals surface area contributed by atoms with Gasteiger partial charge in [-0.1, -0.05) is 37.4 Å². The summed E-state index contributed by atoms with van der Waals surface area (Å²) in [6.07, 6.45) is 8.81. The highest BCUT2D eigenvalue weighted by Crippen LogP contribution is 2.15. The third-order valence-corrected chi connectivity index (χ3v) is 5.63. The number of benzene rings is 1. The Morgan fingerprint density at radius 1 is 0.893 bits per heavy atom. The van der Waals surface area contributed by atoms with Crippen molar-refractivity contribution in [2.45, 2.75) is 33.0 Å². The Balaban J connectivity index is 1.59. The van der Waals surface area contributed by atoms with Crippen LogP contribution >= 0.6 is 19.9 Å². The topological polar surface area (TPSA) is 17.0 Å². The fraction of sp³-hybridized carbons (Fsp3) is 0.273. The van der Waals surface area contributed by atoms with Gasteiger partial charge in [0.2, 0.25) is 0 Å². The van der Waals surface area contributed by atoms with E-state index in [0.29, 0.717) is 7.66 Å². The van der Waals surface area contributed by atoms with Gasteiger partial charge in [0.1, 0.15) is 6.61 Å². The van der Waals surface area contributed by atoms with Gasteiger partial charge in [0, 0.05) is 29.8 Å². The van der Waals surface area contributed by atoms with Crippen LogP contribution in [0.4, 0.5) is 0 Å². The van der Waals surface area contributed by atoms with Crippen molar-refractivity contribution in [3.8, 4) is 11.1 Å². The lowest BCUT2D eigenvalue weighted by Gasteiger charge is -2.05. The van der Waals surface area contributed by atoms with Crippen molar-refractivity contribution in [2.24, 2.45) is 0 Å². The molecule has 2 aromatic heterocycles. The number of ether oxygens (including phenoxy) is 1. The molecule has 0 saturated heterocycles. The van der Waals surface area contributed by atoms with Crippen molar-refractivity contribution < 1.29 is 13.9 Å². The summed E-state index contributed by atoms with van der Waals surface area (Å²) in [6.45, 7) is 7.67. The van der Waals surface area contributed by atoms with Crippen LogP contribution < -0.4 is 14.6 Å². The number of hydrogen-bond donors (Lipinski definition) is 1. The lowest BCUT2D eigenvalue weighted by atomic mass is 9.93. The highest BCUT2D eigenvalue weighted by atomic mass is 32.7. The molecular formula is C22H28BN2OPS+2. The molecule has 0 spiro atoms. The van der Waals surface area contributed by atoms with E-state index in [1.807, 2.05) is 0 Å². The minimum atomic E-state index is 0.280. The molecule has 0 aliphatic rings. The van der Waals surface area contributed by atoms with Gasteiger partial charge < -0.3 is 4.74 Å². The van der Waals surface area contributed by atoms with E-state index in [2.05, 4.69) is 109 Å². The smallest absolute Gasteiger partial charge is 0.195 e. The molecule has 0 saturated carbocycles. The monoisotopic (exact) mass is 410 g/mol. The van der Waals surface area contributed by atoms with E-state index in [9.17, 15) is 0 Å². The fourth-order valence-corrected chi connectivity index (χ4v) is 3.98. The Morgan fingerprint density at radius 2 is 1.46 bits per heavy atom. The first-order valence-electron chi connectivity index (χ1n) is 9.69. The summed E-state index contributed by atoms with van der Waals surface area (Å²) in [7, 11) is 0.669. The molecule has 6 heteroatoms. The molecule has 1 atom stereocenters. The summed E-state index contributed by atoms with van der Waals surface area (Å²) >= 11 is 4.32. The third-order valence-electron chi connectivity index (χ3n) is 4.59. The Bertz CT molecular complexity index is 855. The molecular weight excluding hydrogens is 382 g/mol. The molecule has 0 fully saturated rings. The zero-order valence-corrected chi connectivity index (χ0v) is 18.5. The number of nitrogens with zero attached hydrogens (tertiary/aromatic N) is 2. The molecule has 3 aromatic rings. The first-order valence-corrected chi connectivity index (χ1v) is 12.2. The van der Waals surface area contributed by atoms with E-state index < -0.39 is 0 Å². The third kappa shape index (κ3) is 6.44. The Morgan fingerprint density at radius 3 is 2.00 bits per heavy atom. The van der Waals surface area contributed by atoms with Gasteiger partial charge in [-0.2, -0.15) is 12.2 Å². The maximum absolute atomic E-state index is 5.61. The molecule has 28 heavy (non-hydrogen) atoms. The summed E-state index contributed by atoms with van der Waals surface area (Å²) in [6, 6.07) is 17.5. The minimum absolute atomic E-state index is 0.280. The molecule has 3 rings (SSSR count). The van der Waals surface area contributed by atoms with Gasteiger partial charge >= 0.3 is 0 Å². The molecule has 0 amide bonds. The second-order valence-electron chi connectivity index (χ2n) is 7.15. The number of hydrogen-bond acceptors (Lipinski definition) is 2. The van der Waals surface area contributed by atoms with Crippen LogP contribution in [0.5, 0.6) is 0 Å². The highest BCUT2D eigenvalue weighted by molar-refractivity contribution is 8.47. The van der Waals surface area contributed by atoms with Gasteiger partial charge in [-0.05, 0) is 25.0 Å². The average Bonchev–Trinajstić information content (AvgIpc) is 2.71. The molecule has 1 unspecified atom stereocenters. The van der Waals surface area contributed by atoms with E-state index in [4.69, 9.17) is 4.74 Å². The number of rotatable bonds is 9.